The van der Waals surface area contributed by atoms with Gasteiger partial charge in [-0.15, -0.1) is 0 Å². The summed E-state index contributed by atoms with van der Waals surface area (Å²) in [5.41, 5.74) is -0.213. The van der Waals surface area contributed by atoms with Crippen molar-refractivity contribution in [2.75, 3.05) is 4.72 Å². The van der Waals surface area contributed by atoms with Gasteiger partial charge in [0.2, 0.25) is 10.0 Å². The summed E-state index contributed by atoms with van der Waals surface area (Å²) in [4.78, 5) is 11.0. The standard InChI is InChI=1S/C10H10ClNO4S/c11-8-3-1-2-7(10(13)14)9(8)12-17(15,16)6-4-5-6/h1-3,6,12H,4-5H2,(H,13,14). The van der Waals surface area contributed by atoms with Crippen LogP contribution in [0, 0.1) is 0 Å². The van der Waals surface area contributed by atoms with E-state index in [0.717, 1.165) is 0 Å². The highest BCUT2D eigenvalue weighted by molar-refractivity contribution is 7.93. The normalized spacial score (nSPS) is 15.6. The summed E-state index contributed by atoms with van der Waals surface area (Å²) < 4.78 is 25.7. The first-order valence-corrected chi connectivity index (χ1v) is 6.87. The monoisotopic (exact) mass is 275 g/mol. The van der Waals surface area contributed by atoms with Crippen molar-refractivity contribution in [3.8, 4) is 0 Å². The summed E-state index contributed by atoms with van der Waals surface area (Å²) in [6.07, 6.45) is 1.20. The van der Waals surface area contributed by atoms with E-state index in [9.17, 15) is 13.2 Å². The molecule has 7 heteroatoms. The Balaban J connectivity index is 2.41. The van der Waals surface area contributed by atoms with Crippen molar-refractivity contribution in [3.05, 3.63) is 28.8 Å². The van der Waals surface area contributed by atoms with Crippen LogP contribution in [0.25, 0.3) is 0 Å². The molecule has 0 radical (unpaired) electrons. The Morgan fingerprint density at radius 2 is 2.06 bits per heavy atom. The minimum Gasteiger partial charge on any atom is -0.478 e. The van der Waals surface area contributed by atoms with Crippen molar-refractivity contribution < 1.29 is 18.3 Å². The van der Waals surface area contributed by atoms with Gasteiger partial charge in [0.1, 0.15) is 0 Å². The lowest BCUT2D eigenvalue weighted by atomic mass is 10.2. The number of rotatable bonds is 4. The predicted octanol–water partition coefficient (Wildman–Crippen LogP) is 1.94. The van der Waals surface area contributed by atoms with Crippen molar-refractivity contribution in [2.24, 2.45) is 0 Å². The van der Waals surface area contributed by atoms with Crippen LogP contribution in [0.15, 0.2) is 18.2 Å². The van der Waals surface area contributed by atoms with E-state index in [4.69, 9.17) is 16.7 Å². The van der Waals surface area contributed by atoms with Crippen molar-refractivity contribution in [1.29, 1.82) is 0 Å². The van der Waals surface area contributed by atoms with E-state index in [1.54, 1.807) is 0 Å². The summed E-state index contributed by atoms with van der Waals surface area (Å²) >= 11 is 5.81. The predicted molar refractivity (Wildman–Crippen MR) is 64.0 cm³/mol. The molecule has 1 aromatic rings. The van der Waals surface area contributed by atoms with Gasteiger partial charge < -0.3 is 5.11 Å². The number of aromatic carboxylic acids is 1. The van der Waals surface area contributed by atoms with Crippen LogP contribution in [-0.4, -0.2) is 24.7 Å². The van der Waals surface area contributed by atoms with E-state index in [0.29, 0.717) is 12.8 Å². The molecule has 0 spiro atoms. The molecule has 2 N–H and O–H groups in total. The van der Waals surface area contributed by atoms with Crippen molar-refractivity contribution in [3.63, 3.8) is 0 Å². The first-order chi connectivity index (χ1) is 7.92. The number of sulfonamides is 1. The maximum Gasteiger partial charge on any atom is 0.337 e. The van der Waals surface area contributed by atoms with E-state index in [1.165, 1.54) is 18.2 Å². The molecule has 17 heavy (non-hydrogen) atoms. The number of anilines is 1. The zero-order valence-electron chi connectivity index (χ0n) is 8.68. The van der Waals surface area contributed by atoms with Gasteiger partial charge in [-0.3, -0.25) is 4.72 Å². The second kappa shape index (κ2) is 4.19. The molecule has 1 saturated carbocycles. The number of benzene rings is 1. The van der Waals surface area contributed by atoms with E-state index in [-0.39, 0.29) is 16.3 Å². The molecule has 0 atom stereocenters. The fourth-order valence-electron chi connectivity index (χ4n) is 1.41. The molecule has 5 nitrogen and oxygen atoms in total. The van der Waals surface area contributed by atoms with Crippen LogP contribution in [0.2, 0.25) is 5.02 Å². The molecule has 0 bridgehead atoms. The van der Waals surface area contributed by atoms with Crippen molar-refractivity contribution in [2.45, 2.75) is 18.1 Å². The van der Waals surface area contributed by atoms with E-state index < -0.39 is 21.2 Å². The van der Waals surface area contributed by atoms with Crippen molar-refractivity contribution in [1.82, 2.24) is 0 Å². The van der Waals surface area contributed by atoms with Crippen LogP contribution in [0.5, 0.6) is 0 Å². The van der Waals surface area contributed by atoms with Gasteiger partial charge in [-0.1, -0.05) is 17.7 Å². The molecule has 0 saturated heterocycles. The Labute approximate surface area is 103 Å². The molecule has 0 heterocycles. The lowest BCUT2D eigenvalue weighted by Crippen LogP contribution is -2.19. The second-order valence-corrected chi connectivity index (χ2v) is 6.18. The molecule has 1 aliphatic carbocycles. The Morgan fingerprint density at radius 3 is 2.59 bits per heavy atom. The third-order valence-corrected chi connectivity index (χ3v) is 4.60. The molecule has 1 aliphatic rings. The van der Waals surface area contributed by atoms with Gasteiger partial charge in [0.15, 0.2) is 0 Å². The quantitative estimate of drug-likeness (QED) is 0.880. The van der Waals surface area contributed by atoms with Crippen LogP contribution in [-0.2, 0) is 10.0 Å². The van der Waals surface area contributed by atoms with Gasteiger partial charge in [-0.2, -0.15) is 0 Å². The topological polar surface area (TPSA) is 83.5 Å². The Hall–Kier alpha value is -1.27. The van der Waals surface area contributed by atoms with Gasteiger partial charge >= 0.3 is 5.97 Å². The maximum absolute atomic E-state index is 11.7. The highest BCUT2D eigenvalue weighted by atomic mass is 35.5. The molecule has 1 aromatic carbocycles. The minimum absolute atomic E-state index is 0.0615. The van der Waals surface area contributed by atoms with Crippen LogP contribution in [0.1, 0.15) is 23.2 Å². The first-order valence-electron chi connectivity index (χ1n) is 4.95. The Morgan fingerprint density at radius 1 is 1.41 bits per heavy atom. The largest absolute Gasteiger partial charge is 0.478 e. The Kier molecular flexibility index (Phi) is 3.01. The lowest BCUT2D eigenvalue weighted by Gasteiger charge is -2.11. The Bertz CT molecular complexity index is 566. The highest BCUT2D eigenvalue weighted by Crippen LogP contribution is 2.33. The number of nitrogens with one attached hydrogen (secondary N) is 1. The molecule has 0 unspecified atom stereocenters. The fourth-order valence-corrected chi connectivity index (χ4v) is 3.12. The zero-order chi connectivity index (χ0) is 12.6. The molecule has 0 amide bonds. The molecule has 92 valence electrons. The summed E-state index contributed by atoms with van der Waals surface area (Å²) in [5, 5.41) is 8.60. The number of hydrogen-bond acceptors (Lipinski definition) is 3. The summed E-state index contributed by atoms with van der Waals surface area (Å²) in [6, 6.07) is 4.21. The summed E-state index contributed by atoms with van der Waals surface area (Å²) in [5.74, 6) is -1.22. The second-order valence-electron chi connectivity index (χ2n) is 3.81. The average molecular weight is 276 g/mol. The summed E-state index contributed by atoms with van der Waals surface area (Å²) in [6.45, 7) is 0. The van der Waals surface area contributed by atoms with Crippen LogP contribution >= 0.6 is 11.6 Å². The van der Waals surface area contributed by atoms with Gasteiger partial charge in [0, 0.05) is 0 Å². The first kappa shape index (κ1) is 12.2. The SMILES string of the molecule is O=C(O)c1cccc(Cl)c1NS(=O)(=O)C1CC1. The van der Waals surface area contributed by atoms with Gasteiger partial charge in [-0.25, -0.2) is 13.2 Å². The lowest BCUT2D eigenvalue weighted by molar-refractivity contribution is 0.0698. The number of carboxylic acid groups (broad SMARTS) is 1. The van der Waals surface area contributed by atoms with Crippen LogP contribution in [0.4, 0.5) is 5.69 Å². The van der Waals surface area contributed by atoms with E-state index in [1.807, 2.05) is 0 Å². The summed E-state index contributed by atoms with van der Waals surface area (Å²) in [7, 11) is -3.52. The number of hydrogen-bond donors (Lipinski definition) is 2. The van der Waals surface area contributed by atoms with Crippen LogP contribution < -0.4 is 4.72 Å². The number of para-hydroxylation sites is 1. The third kappa shape index (κ3) is 2.53. The van der Waals surface area contributed by atoms with E-state index in [2.05, 4.69) is 4.72 Å². The van der Waals surface area contributed by atoms with E-state index >= 15 is 0 Å². The molecule has 2 rings (SSSR count). The number of carboxylic acids is 1. The zero-order valence-corrected chi connectivity index (χ0v) is 10.3. The molecule has 1 fully saturated rings. The number of carbonyl (C=O) groups is 1. The smallest absolute Gasteiger partial charge is 0.337 e. The maximum atomic E-state index is 11.7. The van der Waals surface area contributed by atoms with Crippen LogP contribution in [0.3, 0.4) is 0 Å². The molecule has 0 aliphatic heterocycles. The molecule has 0 aromatic heterocycles. The minimum atomic E-state index is -3.52. The number of halogens is 1. The average Bonchev–Trinajstić information content (AvgIpc) is 3.03. The fraction of sp³-hybridized carbons (Fsp3) is 0.300. The van der Waals surface area contributed by atoms with Gasteiger partial charge in [0.25, 0.3) is 0 Å². The highest BCUT2D eigenvalue weighted by Gasteiger charge is 2.36. The van der Waals surface area contributed by atoms with Gasteiger partial charge in [-0.05, 0) is 25.0 Å². The van der Waals surface area contributed by atoms with Crippen molar-refractivity contribution >= 4 is 33.3 Å². The molecular formula is C10H10ClNO4S. The molecular weight excluding hydrogens is 266 g/mol. The van der Waals surface area contributed by atoms with Gasteiger partial charge in [0.05, 0.1) is 21.5 Å². The third-order valence-electron chi connectivity index (χ3n) is 2.45.